The van der Waals surface area contributed by atoms with Gasteiger partial charge < -0.3 is 26.2 Å². The first-order valence-electron chi connectivity index (χ1n) is 5.98. The number of carbonyl (C=O) groups is 3. The molecule has 0 aliphatic heterocycles. The van der Waals surface area contributed by atoms with E-state index in [9.17, 15) is 14.4 Å². The predicted molar refractivity (Wildman–Crippen MR) is 75.4 cm³/mol. The van der Waals surface area contributed by atoms with Crippen molar-refractivity contribution in [3.8, 4) is 5.75 Å². The van der Waals surface area contributed by atoms with Crippen LogP contribution in [0.4, 0.5) is 10.5 Å². The van der Waals surface area contributed by atoms with Crippen molar-refractivity contribution in [3.63, 3.8) is 0 Å². The lowest BCUT2D eigenvalue weighted by atomic mass is 10.1. The second-order valence-corrected chi connectivity index (χ2v) is 4.79. The fourth-order valence-electron chi connectivity index (χ4n) is 1.44. The van der Waals surface area contributed by atoms with E-state index in [4.69, 9.17) is 15.6 Å². The van der Waals surface area contributed by atoms with Gasteiger partial charge in [0.05, 0.1) is 18.4 Å². The standard InChI is InChI=1S/C13H17N3O5/c1-13(2,11(14)19)16-12(20)15-9-5-4-7(21-3)6-8(9)10(17)18/h4-6H,1-3H3,(H2,14,19)(H,17,18)(H2,15,16,20). The predicted octanol–water partition coefficient (Wildman–Crippen LogP) is 0.779. The first-order chi connectivity index (χ1) is 9.67. The van der Waals surface area contributed by atoms with Crippen molar-refractivity contribution in [1.82, 2.24) is 5.32 Å². The number of aromatic carboxylic acids is 1. The molecule has 0 aliphatic rings. The van der Waals surface area contributed by atoms with Gasteiger partial charge in [-0.1, -0.05) is 0 Å². The van der Waals surface area contributed by atoms with Gasteiger partial charge in [0.1, 0.15) is 11.3 Å². The minimum atomic E-state index is -1.26. The molecular weight excluding hydrogens is 278 g/mol. The van der Waals surface area contributed by atoms with Crippen LogP contribution >= 0.6 is 0 Å². The molecular formula is C13H17N3O5. The van der Waals surface area contributed by atoms with Crippen molar-refractivity contribution >= 4 is 23.6 Å². The van der Waals surface area contributed by atoms with Crippen LogP contribution < -0.4 is 21.1 Å². The minimum Gasteiger partial charge on any atom is -0.497 e. The number of hydrogen-bond acceptors (Lipinski definition) is 4. The number of nitrogens with two attached hydrogens (primary N) is 1. The number of primary amides is 1. The zero-order valence-corrected chi connectivity index (χ0v) is 11.9. The lowest BCUT2D eigenvalue weighted by Gasteiger charge is -2.22. The van der Waals surface area contributed by atoms with Gasteiger partial charge in [-0.3, -0.25) is 4.79 Å². The Hall–Kier alpha value is -2.77. The molecule has 1 aromatic rings. The zero-order valence-electron chi connectivity index (χ0n) is 11.9. The van der Waals surface area contributed by atoms with E-state index >= 15 is 0 Å². The summed E-state index contributed by atoms with van der Waals surface area (Å²) in [6.07, 6.45) is 0. The Morgan fingerprint density at radius 2 is 1.90 bits per heavy atom. The summed E-state index contributed by atoms with van der Waals surface area (Å²) in [5, 5.41) is 13.8. The number of urea groups is 1. The Bertz CT molecular complexity index is 583. The fraction of sp³-hybridized carbons (Fsp3) is 0.308. The lowest BCUT2D eigenvalue weighted by Crippen LogP contribution is -2.54. The van der Waals surface area contributed by atoms with Gasteiger partial charge in [0.25, 0.3) is 0 Å². The van der Waals surface area contributed by atoms with E-state index in [1.54, 1.807) is 0 Å². The second kappa shape index (κ2) is 6.12. The Morgan fingerprint density at radius 1 is 1.29 bits per heavy atom. The van der Waals surface area contributed by atoms with E-state index in [0.29, 0.717) is 5.75 Å². The highest BCUT2D eigenvalue weighted by atomic mass is 16.5. The van der Waals surface area contributed by atoms with Crippen molar-refractivity contribution in [1.29, 1.82) is 0 Å². The largest absolute Gasteiger partial charge is 0.497 e. The monoisotopic (exact) mass is 295 g/mol. The third-order valence-electron chi connectivity index (χ3n) is 2.75. The molecule has 0 fully saturated rings. The molecule has 0 aliphatic carbocycles. The van der Waals surface area contributed by atoms with Gasteiger partial charge in [-0.15, -0.1) is 0 Å². The van der Waals surface area contributed by atoms with Gasteiger partial charge in [-0.25, -0.2) is 9.59 Å². The van der Waals surface area contributed by atoms with E-state index in [0.717, 1.165) is 0 Å². The third-order valence-corrected chi connectivity index (χ3v) is 2.75. The average Bonchev–Trinajstić information content (AvgIpc) is 2.37. The topological polar surface area (TPSA) is 131 Å². The normalized spacial score (nSPS) is 10.6. The number of carboxylic acids is 1. The van der Waals surface area contributed by atoms with Crippen LogP contribution in [0.3, 0.4) is 0 Å². The first kappa shape index (κ1) is 16.3. The molecule has 0 heterocycles. The number of nitrogens with one attached hydrogen (secondary N) is 2. The van der Waals surface area contributed by atoms with E-state index < -0.39 is 23.4 Å². The fourth-order valence-corrected chi connectivity index (χ4v) is 1.44. The van der Waals surface area contributed by atoms with Crippen molar-refractivity contribution in [2.75, 3.05) is 12.4 Å². The van der Waals surface area contributed by atoms with Gasteiger partial charge in [-0.05, 0) is 32.0 Å². The molecule has 0 atom stereocenters. The first-order valence-corrected chi connectivity index (χ1v) is 5.98. The van der Waals surface area contributed by atoms with Gasteiger partial charge in [0.2, 0.25) is 5.91 Å². The minimum absolute atomic E-state index is 0.0704. The maximum absolute atomic E-state index is 11.8. The molecule has 3 amide bonds. The van der Waals surface area contributed by atoms with Crippen LogP contribution in [0.1, 0.15) is 24.2 Å². The maximum atomic E-state index is 11.8. The molecule has 21 heavy (non-hydrogen) atoms. The van der Waals surface area contributed by atoms with Crippen LogP contribution in [0.15, 0.2) is 18.2 Å². The van der Waals surface area contributed by atoms with Crippen molar-refractivity contribution in [2.24, 2.45) is 5.73 Å². The number of carboxylic acid groups (broad SMARTS) is 1. The number of ether oxygens (including phenoxy) is 1. The van der Waals surface area contributed by atoms with Crippen LogP contribution in [-0.4, -0.2) is 35.7 Å². The molecule has 5 N–H and O–H groups in total. The van der Waals surface area contributed by atoms with Crippen LogP contribution in [-0.2, 0) is 4.79 Å². The summed E-state index contributed by atoms with van der Waals surface area (Å²) >= 11 is 0. The Kier molecular flexibility index (Phi) is 4.75. The van der Waals surface area contributed by atoms with Crippen LogP contribution in [0, 0.1) is 0 Å². The van der Waals surface area contributed by atoms with E-state index in [-0.39, 0.29) is 11.3 Å². The van der Waals surface area contributed by atoms with E-state index in [2.05, 4.69) is 10.6 Å². The highest BCUT2D eigenvalue weighted by Crippen LogP contribution is 2.22. The highest BCUT2D eigenvalue weighted by Gasteiger charge is 2.27. The summed E-state index contributed by atoms with van der Waals surface area (Å²) in [7, 11) is 1.40. The number of hydrogen-bond donors (Lipinski definition) is 4. The van der Waals surface area contributed by atoms with Gasteiger partial charge in [0, 0.05) is 0 Å². The van der Waals surface area contributed by atoms with Crippen LogP contribution in [0.25, 0.3) is 0 Å². The summed E-state index contributed by atoms with van der Waals surface area (Å²) < 4.78 is 4.92. The highest BCUT2D eigenvalue weighted by molar-refractivity contribution is 6.01. The van der Waals surface area contributed by atoms with Gasteiger partial charge in [0.15, 0.2) is 0 Å². The molecule has 0 saturated carbocycles. The molecule has 8 nitrogen and oxygen atoms in total. The van der Waals surface area contributed by atoms with E-state index in [1.165, 1.54) is 39.2 Å². The summed E-state index contributed by atoms with van der Waals surface area (Å²) in [5.41, 5.74) is 3.80. The number of amides is 3. The van der Waals surface area contributed by atoms with Gasteiger partial charge >= 0.3 is 12.0 Å². The molecule has 8 heteroatoms. The molecule has 0 spiro atoms. The SMILES string of the molecule is COc1ccc(NC(=O)NC(C)(C)C(N)=O)c(C(=O)O)c1. The molecule has 1 rings (SSSR count). The number of benzene rings is 1. The van der Waals surface area contributed by atoms with Gasteiger partial charge in [-0.2, -0.15) is 0 Å². The molecule has 1 aromatic carbocycles. The average molecular weight is 295 g/mol. The molecule has 0 radical (unpaired) electrons. The molecule has 0 unspecified atom stereocenters. The van der Waals surface area contributed by atoms with Crippen molar-refractivity contribution in [3.05, 3.63) is 23.8 Å². The smallest absolute Gasteiger partial charge is 0.337 e. The Labute approximate surface area is 121 Å². The summed E-state index contributed by atoms with van der Waals surface area (Å²) in [6, 6.07) is 3.42. The van der Waals surface area contributed by atoms with Crippen molar-refractivity contribution in [2.45, 2.75) is 19.4 Å². The number of carbonyl (C=O) groups excluding carboxylic acids is 2. The number of anilines is 1. The second-order valence-electron chi connectivity index (χ2n) is 4.79. The molecule has 0 saturated heterocycles. The summed E-state index contributed by atoms with van der Waals surface area (Å²) in [6.45, 7) is 2.86. The Morgan fingerprint density at radius 3 is 2.38 bits per heavy atom. The zero-order chi connectivity index (χ0) is 16.2. The maximum Gasteiger partial charge on any atom is 0.337 e. The number of rotatable bonds is 5. The summed E-state index contributed by atoms with van der Waals surface area (Å²) in [4.78, 5) is 34.1. The lowest BCUT2D eigenvalue weighted by molar-refractivity contribution is -0.122. The Balaban J connectivity index is 2.95. The van der Waals surface area contributed by atoms with Crippen molar-refractivity contribution < 1.29 is 24.2 Å². The van der Waals surface area contributed by atoms with E-state index in [1.807, 2.05) is 0 Å². The molecule has 0 aromatic heterocycles. The molecule has 0 bridgehead atoms. The third kappa shape index (κ3) is 4.10. The quantitative estimate of drug-likeness (QED) is 0.637. The van der Waals surface area contributed by atoms with Crippen LogP contribution in [0.2, 0.25) is 0 Å². The number of methoxy groups -OCH3 is 1. The molecule has 114 valence electrons. The van der Waals surface area contributed by atoms with Crippen LogP contribution in [0.5, 0.6) is 5.75 Å². The summed E-state index contributed by atoms with van der Waals surface area (Å²) in [5.74, 6) is -1.60.